The molecule has 206 valence electrons. The lowest BCUT2D eigenvalue weighted by atomic mass is 9.84. The average molecular weight is 533 g/mol. The van der Waals surface area contributed by atoms with Gasteiger partial charge in [-0.1, -0.05) is 68.5 Å². The minimum absolute atomic E-state index is 0. The number of hydrogen-bond acceptors (Lipinski definition) is 5. The minimum atomic E-state index is -0.787. The molecule has 3 N–H and O–H groups in total. The number of benzene rings is 2. The van der Waals surface area contributed by atoms with Crippen LogP contribution >= 0.6 is 12.4 Å². The molecule has 2 aromatic rings. The van der Waals surface area contributed by atoms with Crippen LogP contribution in [0.2, 0.25) is 0 Å². The van der Waals surface area contributed by atoms with E-state index in [1.807, 2.05) is 45.0 Å². The van der Waals surface area contributed by atoms with Crippen molar-refractivity contribution < 1.29 is 19.4 Å². The number of carbonyl (C=O) groups is 1. The number of nitrogens with one attached hydrogen (secondary N) is 2. The summed E-state index contributed by atoms with van der Waals surface area (Å²) in [6, 6.07) is 15.9. The van der Waals surface area contributed by atoms with E-state index in [0.29, 0.717) is 19.5 Å². The highest BCUT2D eigenvalue weighted by Gasteiger charge is 2.25. The van der Waals surface area contributed by atoms with Crippen molar-refractivity contribution in [3.8, 4) is 5.75 Å². The van der Waals surface area contributed by atoms with Crippen LogP contribution in [0.4, 0.5) is 4.79 Å². The zero-order valence-electron chi connectivity index (χ0n) is 22.8. The van der Waals surface area contributed by atoms with Crippen molar-refractivity contribution in [1.82, 2.24) is 10.6 Å². The molecule has 37 heavy (non-hydrogen) atoms. The normalized spacial score (nSPS) is 15.8. The van der Waals surface area contributed by atoms with Crippen LogP contribution in [0.1, 0.15) is 69.6 Å². The van der Waals surface area contributed by atoms with E-state index >= 15 is 0 Å². The molecule has 2 atom stereocenters. The molecule has 1 aliphatic rings. The third-order valence-corrected chi connectivity index (χ3v) is 6.68. The molecule has 1 fully saturated rings. The Labute approximate surface area is 228 Å². The van der Waals surface area contributed by atoms with Crippen LogP contribution in [0, 0.1) is 5.92 Å². The van der Waals surface area contributed by atoms with Gasteiger partial charge in [0.25, 0.3) is 0 Å². The Hall–Kier alpha value is -2.28. The molecule has 0 radical (unpaired) electrons. The summed E-state index contributed by atoms with van der Waals surface area (Å²) >= 11 is 0. The maximum atomic E-state index is 12.6. The lowest BCUT2D eigenvalue weighted by molar-refractivity contribution is 0.0422. The molecular weight excluding hydrogens is 488 g/mol. The summed E-state index contributed by atoms with van der Waals surface area (Å²) in [6.07, 6.45) is 6.97. The van der Waals surface area contributed by atoms with E-state index in [9.17, 15) is 9.90 Å². The van der Waals surface area contributed by atoms with Crippen LogP contribution in [-0.4, -0.2) is 42.6 Å². The molecule has 3 rings (SSSR count). The number of methoxy groups -OCH3 is 1. The molecule has 6 nitrogen and oxygen atoms in total. The fraction of sp³-hybridized carbons (Fsp3) is 0.567. The third kappa shape index (κ3) is 11.3. The number of ether oxygens (including phenoxy) is 2. The molecule has 1 amide bonds. The van der Waals surface area contributed by atoms with Gasteiger partial charge in [-0.3, -0.25) is 0 Å². The summed E-state index contributed by atoms with van der Waals surface area (Å²) in [5.41, 5.74) is 2.90. The fourth-order valence-electron chi connectivity index (χ4n) is 4.89. The number of aliphatic hydroxyl groups is 1. The highest BCUT2D eigenvalue weighted by atomic mass is 35.5. The van der Waals surface area contributed by atoms with E-state index in [2.05, 4.69) is 34.9 Å². The summed E-state index contributed by atoms with van der Waals surface area (Å²) in [5.74, 6) is 1.56. The third-order valence-electron chi connectivity index (χ3n) is 6.68. The first-order chi connectivity index (χ1) is 17.2. The number of halogens is 1. The average Bonchev–Trinajstić information content (AvgIpc) is 2.83. The molecule has 0 spiro atoms. The van der Waals surface area contributed by atoms with Gasteiger partial charge in [-0.15, -0.1) is 12.4 Å². The second-order valence-electron chi connectivity index (χ2n) is 11.0. The SMILES string of the molecule is COc1cccc(CNC[C@@H](O)[C@H](Cc2cccc(CC3CCCCC3)c2)NC(=O)OC(C)(C)C)c1.Cl. The van der Waals surface area contributed by atoms with Crippen LogP contribution in [0.5, 0.6) is 5.75 Å². The zero-order valence-corrected chi connectivity index (χ0v) is 23.6. The lowest BCUT2D eigenvalue weighted by Crippen LogP contribution is -2.49. The molecule has 0 bridgehead atoms. The largest absolute Gasteiger partial charge is 0.497 e. The Morgan fingerprint density at radius 1 is 1.03 bits per heavy atom. The summed E-state index contributed by atoms with van der Waals surface area (Å²) in [4.78, 5) is 12.6. The van der Waals surface area contributed by atoms with Gasteiger partial charge < -0.3 is 25.2 Å². The van der Waals surface area contributed by atoms with Gasteiger partial charge in [0.15, 0.2) is 0 Å². The molecule has 2 aromatic carbocycles. The first kappa shape index (κ1) is 30.9. The van der Waals surface area contributed by atoms with Crippen molar-refractivity contribution in [3.05, 3.63) is 65.2 Å². The fourth-order valence-corrected chi connectivity index (χ4v) is 4.89. The van der Waals surface area contributed by atoms with E-state index < -0.39 is 23.8 Å². The highest BCUT2D eigenvalue weighted by Crippen LogP contribution is 2.27. The smallest absolute Gasteiger partial charge is 0.407 e. The van der Waals surface area contributed by atoms with Gasteiger partial charge in [-0.25, -0.2) is 4.79 Å². The molecule has 1 aliphatic carbocycles. The van der Waals surface area contributed by atoms with Crippen molar-refractivity contribution in [1.29, 1.82) is 0 Å². The zero-order chi connectivity index (χ0) is 26.0. The Balaban J connectivity index is 0.00000481. The first-order valence-corrected chi connectivity index (χ1v) is 13.3. The standard InChI is InChI=1S/C30H44N2O4.ClH/c1-30(2,3)36-29(34)32-27(28(33)21-31-20-25-14-9-15-26(18-25)35-4)19-24-13-8-12-23(17-24)16-22-10-6-5-7-11-22;/h8-9,12-15,17-18,22,27-28,31,33H,5-7,10-11,16,19-21H2,1-4H3,(H,32,34);1H/t27-,28+;/m0./s1. The van der Waals surface area contributed by atoms with Crippen LogP contribution in [-0.2, 0) is 24.1 Å². The Morgan fingerprint density at radius 3 is 2.41 bits per heavy atom. The monoisotopic (exact) mass is 532 g/mol. The van der Waals surface area contributed by atoms with Gasteiger partial charge in [-0.05, 0) is 68.4 Å². The van der Waals surface area contributed by atoms with Gasteiger partial charge in [0.1, 0.15) is 11.4 Å². The van der Waals surface area contributed by atoms with E-state index in [1.165, 1.54) is 37.7 Å². The number of rotatable bonds is 11. The molecule has 1 saturated carbocycles. The lowest BCUT2D eigenvalue weighted by Gasteiger charge is -2.27. The summed E-state index contributed by atoms with van der Waals surface area (Å²) < 4.78 is 10.8. The van der Waals surface area contributed by atoms with E-state index in [-0.39, 0.29) is 12.4 Å². The van der Waals surface area contributed by atoms with Crippen molar-refractivity contribution in [2.75, 3.05) is 13.7 Å². The Bertz CT molecular complexity index is 957. The van der Waals surface area contributed by atoms with Crippen LogP contribution in [0.25, 0.3) is 0 Å². The Morgan fingerprint density at radius 2 is 1.70 bits per heavy atom. The predicted molar refractivity (Wildman–Crippen MR) is 152 cm³/mol. The van der Waals surface area contributed by atoms with Crippen LogP contribution in [0.3, 0.4) is 0 Å². The van der Waals surface area contributed by atoms with Crippen LogP contribution < -0.4 is 15.4 Å². The van der Waals surface area contributed by atoms with E-state index in [1.54, 1.807) is 7.11 Å². The number of alkyl carbamates (subject to hydrolysis) is 1. The highest BCUT2D eigenvalue weighted by molar-refractivity contribution is 5.85. The molecule has 0 saturated heterocycles. The van der Waals surface area contributed by atoms with Crippen LogP contribution in [0.15, 0.2) is 48.5 Å². The summed E-state index contributed by atoms with van der Waals surface area (Å²) in [5, 5.41) is 17.3. The van der Waals surface area contributed by atoms with Gasteiger partial charge in [0.2, 0.25) is 0 Å². The van der Waals surface area contributed by atoms with Crippen molar-refractivity contribution in [3.63, 3.8) is 0 Å². The van der Waals surface area contributed by atoms with Gasteiger partial charge >= 0.3 is 6.09 Å². The molecule has 0 aromatic heterocycles. The van der Waals surface area contributed by atoms with Crippen molar-refractivity contribution in [2.45, 2.75) is 90.0 Å². The van der Waals surface area contributed by atoms with Gasteiger partial charge in [0, 0.05) is 13.1 Å². The van der Waals surface area contributed by atoms with Gasteiger partial charge in [0.05, 0.1) is 19.3 Å². The number of hydrogen-bond donors (Lipinski definition) is 3. The summed E-state index contributed by atoms with van der Waals surface area (Å²) in [7, 11) is 1.65. The van der Waals surface area contributed by atoms with E-state index in [4.69, 9.17) is 9.47 Å². The number of aliphatic hydroxyl groups excluding tert-OH is 1. The van der Waals surface area contributed by atoms with Gasteiger partial charge in [-0.2, -0.15) is 0 Å². The second kappa shape index (κ2) is 15.2. The topological polar surface area (TPSA) is 79.8 Å². The maximum Gasteiger partial charge on any atom is 0.407 e. The molecule has 7 heteroatoms. The van der Waals surface area contributed by atoms with E-state index in [0.717, 1.165) is 29.2 Å². The quantitative estimate of drug-likeness (QED) is 0.339. The molecule has 0 unspecified atom stereocenters. The predicted octanol–water partition coefficient (Wildman–Crippen LogP) is 5.83. The first-order valence-electron chi connectivity index (χ1n) is 13.3. The number of carbonyl (C=O) groups excluding carboxylic acids is 1. The maximum absolute atomic E-state index is 12.6. The molecule has 0 aliphatic heterocycles. The number of amides is 1. The second-order valence-corrected chi connectivity index (χ2v) is 11.0. The minimum Gasteiger partial charge on any atom is -0.497 e. The molecule has 0 heterocycles. The Kier molecular flexibility index (Phi) is 12.7. The summed E-state index contributed by atoms with van der Waals surface area (Å²) in [6.45, 7) is 6.43. The van der Waals surface area contributed by atoms with Crippen molar-refractivity contribution in [2.24, 2.45) is 5.92 Å². The van der Waals surface area contributed by atoms with Crippen molar-refractivity contribution >= 4 is 18.5 Å². The molecular formula is C30H45ClN2O4.